The van der Waals surface area contributed by atoms with Crippen LogP contribution in [0.5, 0.6) is 0 Å². The highest BCUT2D eigenvalue weighted by atomic mass is 16.3. The molecule has 0 fully saturated rings. The maximum atomic E-state index is 6.51. The SMILES string of the molecule is CC1(C)c2ccccc2-c2cccc(N(c3ccc(-c4ccccc4)cc3)c3ccccc3-c3ccc4oc5c6ccccc6ccc5c4c3)c21. The molecule has 2 heteroatoms. The fourth-order valence-electron chi connectivity index (χ4n) is 8.43. The van der Waals surface area contributed by atoms with Gasteiger partial charge in [0, 0.05) is 32.8 Å². The monoisotopic (exact) mass is 653 g/mol. The summed E-state index contributed by atoms with van der Waals surface area (Å²) >= 11 is 0. The van der Waals surface area contributed by atoms with Crippen molar-refractivity contribution in [3.8, 4) is 33.4 Å². The maximum absolute atomic E-state index is 6.51. The summed E-state index contributed by atoms with van der Waals surface area (Å²) in [5.41, 5.74) is 15.1. The van der Waals surface area contributed by atoms with E-state index in [0.717, 1.165) is 49.8 Å². The molecular formula is C49H35NO. The van der Waals surface area contributed by atoms with Gasteiger partial charge in [-0.2, -0.15) is 0 Å². The first kappa shape index (κ1) is 29.5. The third-order valence-corrected chi connectivity index (χ3v) is 10.8. The first-order chi connectivity index (χ1) is 25.1. The average Bonchev–Trinajstić information content (AvgIpc) is 3.68. The topological polar surface area (TPSA) is 16.4 Å². The summed E-state index contributed by atoms with van der Waals surface area (Å²) in [5, 5.41) is 4.58. The molecule has 0 unspecified atom stereocenters. The van der Waals surface area contributed by atoms with Crippen molar-refractivity contribution in [2.45, 2.75) is 19.3 Å². The predicted molar refractivity (Wildman–Crippen MR) is 214 cm³/mol. The summed E-state index contributed by atoms with van der Waals surface area (Å²) in [5.74, 6) is 0. The highest BCUT2D eigenvalue weighted by Gasteiger charge is 2.39. The molecule has 10 rings (SSSR count). The van der Waals surface area contributed by atoms with Gasteiger partial charge in [-0.05, 0) is 86.8 Å². The number of para-hydroxylation sites is 1. The molecular weight excluding hydrogens is 619 g/mol. The highest BCUT2D eigenvalue weighted by Crippen LogP contribution is 2.55. The van der Waals surface area contributed by atoms with Crippen molar-refractivity contribution in [3.63, 3.8) is 0 Å². The predicted octanol–water partition coefficient (Wildman–Crippen LogP) is 13.8. The van der Waals surface area contributed by atoms with Crippen molar-refractivity contribution in [3.05, 3.63) is 187 Å². The van der Waals surface area contributed by atoms with E-state index in [9.17, 15) is 0 Å². The fraction of sp³-hybridized carbons (Fsp3) is 0.0612. The summed E-state index contributed by atoms with van der Waals surface area (Å²) in [7, 11) is 0. The molecule has 2 nitrogen and oxygen atoms in total. The summed E-state index contributed by atoms with van der Waals surface area (Å²) in [6.45, 7) is 4.73. The lowest BCUT2D eigenvalue weighted by atomic mass is 9.81. The van der Waals surface area contributed by atoms with Crippen molar-refractivity contribution in [1.29, 1.82) is 0 Å². The molecule has 0 saturated carbocycles. The first-order valence-electron chi connectivity index (χ1n) is 17.7. The van der Waals surface area contributed by atoms with Crippen molar-refractivity contribution in [1.82, 2.24) is 0 Å². The second-order valence-corrected chi connectivity index (χ2v) is 14.1. The molecule has 0 saturated heterocycles. The van der Waals surface area contributed by atoms with Crippen molar-refractivity contribution >= 4 is 49.8 Å². The summed E-state index contributed by atoms with van der Waals surface area (Å²) in [6, 6.07) is 63.6. The third-order valence-electron chi connectivity index (χ3n) is 10.8. The lowest BCUT2D eigenvalue weighted by Gasteiger charge is -2.33. The molecule has 0 amide bonds. The Hall–Kier alpha value is -6.38. The molecule has 0 N–H and O–H groups in total. The zero-order valence-corrected chi connectivity index (χ0v) is 28.6. The Bertz CT molecular complexity index is 2770. The Kier molecular flexibility index (Phi) is 6.56. The van der Waals surface area contributed by atoms with E-state index < -0.39 is 0 Å². The van der Waals surface area contributed by atoms with E-state index in [-0.39, 0.29) is 5.41 Å². The van der Waals surface area contributed by atoms with E-state index in [1.165, 1.54) is 44.5 Å². The van der Waals surface area contributed by atoms with Gasteiger partial charge in [0.25, 0.3) is 0 Å². The lowest BCUT2D eigenvalue weighted by molar-refractivity contribution is 0.661. The zero-order valence-electron chi connectivity index (χ0n) is 28.6. The van der Waals surface area contributed by atoms with E-state index >= 15 is 0 Å². The molecule has 0 atom stereocenters. The van der Waals surface area contributed by atoms with E-state index in [4.69, 9.17) is 4.42 Å². The summed E-state index contributed by atoms with van der Waals surface area (Å²) < 4.78 is 6.51. The average molecular weight is 654 g/mol. The molecule has 9 aromatic rings. The van der Waals surface area contributed by atoms with Crippen molar-refractivity contribution in [2.75, 3.05) is 4.90 Å². The number of nitrogens with zero attached hydrogens (tertiary/aromatic N) is 1. The summed E-state index contributed by atoms with van der Waals surface area (Å²) in [4.78, 5) is 2.47. The highest BCUT2D eigenvalue weighted by molar-refractivity contribution is 6.15. The molecule has 0 bridgehead atoms. The van der Waals surface area contributed by atoms with Gasteiger partial charge >= 0.3 is 0 Å². The van der Waals surface area contributed by atoms with Crippen molar-refractivity contribution in [2.24, 2.45) is 0 Å². The molecule has 0 spiro atoms. The first-order valence-corrected chi connectivity index (χ1v) is 17.7. The Morgan fingerprint density at radius 2 is 1.12 bits per heavy atom. The van der Waals surface area contributed by atoms with Crippen LogP contribution in [0.1, 0.15) is 25.0 Å². The van der Waals surface area contributed by atoms with Gasteiger partial charge in [-0.15, -0.1) is 0 Å². The number of hydrogen-bond donors (Lipinski definition) is 0. The third kappa shape index (κ3) is 4.57. The molecule has 1 aliphatic carbocycles. The Labute approximate surface area is 297 Å². The second kappa shape index (κ2) is 11.3. The minimum absolute atomic E-state index is 0.183. The molecule has 242 valence electrons. The minimum Gasteiger partial charge on any atom is -0.455 e. The largest absolute Gasteiger partial charge is 0.455 e. The standard InChI is InChI=1S/C49H35NO/c1-49(2)43-20-10-8-18-39(43)40-19-12-22-45(47(40)49)50(36-27-23-33(24-28-36)32-13-4-3-5-14-32)44-21-11-9-16-37(44)35-26-30-46-42(31-35)41-29-25-34-15-6-7-17-38(34)48(41)51-46/h3-31H,1-2H3. The van der Waals surface area contributed by atoms with Crippen LogP contribution >= 0.6 is 0 Å². The van der Waals surface area contributed by atoms with E-state index in [1.807, 2.05) is 0 Å². The number of hydrogen-bond acceptors (Lipinski definition) is 2. The van der Waals surface area contributed by atoms with E-state index in [2.05, 4.69) is 195 Å². The van der Waals surface area contributed by atoms with Crippen LogP contribution in [-0.2, 0) is 5.41 Å². The number of benzene rings is 8. The van der Waals surface area contributed by atoms with Gasteiger partial charge in [-0.1, -0.05) is 147 Å². The number of anilines is 3. The normalized spacial score (nSPS) is 13.1. The number of furan rings is 1. The van der Waals surface area contributed by atoms with Crippen LogP contribution in [0.3, 0.4) is 0 Å². The fourth-order valence-corrected chi connectivity index (χ4v) is 8.43. The van der Waals surface area contributed by atoms with Gasteiger partial charge in [-0.3, -0.25) is 0 Å². The molecule has 1 heterocycles. The smallest absolute Gasteiger partial charge is 0.143 e. The molecule has 0 aliphatic heterocycles. The Morgan fingerprint density at radius 3 is 1.98 bits per heavy atom. The molecule has 0 radical (unpaired) electrons. The zero-order chi connectivity index (χ0) is 34.1. The molecule has 1 aromatic heterocycles. The quantitative estimate of drug-likeness (QED) is 0.184. The Morgan fingerprint density at radius 1 is 0.451 bits per heavy atom. The van der Waals surface area contributed by atoms with E-state index in [0.29, 0.717) is 0 Å². The van der Waals surface area contributed by atoms with Gasteiger partial charge in [0.15, 0.2) is 0 Å². The maximum Gasteiger partial charge on any atom is 0.143 e. The minimum atomic E-state index is -0.183. The van der Waals surface area contributed by atoms with Gasteiger partial charge < -0.3 is 9.32 Å². The van der Waals surface area contributed by atoms with Crippen LogP contribution in [0.15, 0.2) is 180 Å². The van der Waals surface area contributed by atoms with Crippen LogP contribution in [-0.4, -0.2) is 0 Å². The van der Waals surface area contributed by atoms with Gasteiger partial charge in [0.1, 0.15) is 11.2 Å². The van der Waals surface area contributed by atoms with Crippen LogP contribution in [0.4, 0.5) is 17.1 Å². The van der Waals surface area contributed by atoms with Crippen LogP contribution in [0, 0.1) is 0 Å². The van der Waals surface area contributed by atoms with Gasteiger partial charge in [0.05, 0.1) is 11.4 Å². The van der Waals surface area contributed by atoms with Gasteiger partial charge in [0.2, 0.25) is 0 Å². The number of rotatable bonds is 5. The Balaban J connectivity index is 1.19. The molecule has 8 aromatic carbocycles. The second-order valence-electron chi connectivity index (χ2n) is 14.1. The summed E-state index contributed by atoms with van der Waals surface area (Å²) in [6.07, 6.45) is 0. The molecule has 1 aliphatic rings. The number of fused-ring (bicyclic) bond motifs is 8. The van der Waals surface area contributed by atoms with Crippen LogP contribution in [0.2, 0.25) is 0 Å². The lowest BCUT2D eigenvalue weighted by Crippen LogP contribution is -2.21. The molecule has 51 heavy (non-hydrogen) atoms. The van der Waals surface area contributed by atoms with Crippen LogP contribution in [0.25, 0.3) is 66.1 Å². The van der Waals surface area contributed by atoms with Crippen LogP contribution < -0.4 is 4.90 Å². The van der Waals surface area contributed by atoms with Gasteiger partial charge in [-0.25, -0.2) is 0 Å². The van der Waals surface area contributed by atoms with Crippen molar-refractivity contribution < 1.29 is 4.42 Å². The van der Waals surface area contributed by atoms with E-state index in [1.54, 1.807) is 0 Å².